The molecule has 0 bridgehead atoms. The van der Waals surface area contributed by atoms with E-state index in [1.807, 2.05) is 19.2 Å². The lowest BCUT2D eigenvalue weighted by atomic mass is 10.0. The summed E-state index contributed by atoms with van der Waals surface area (Å²) in [5.41, 5.74) is 1.32. The van der Waals surface area contributed by atoms with Crippen LogP contribution in [0.1, 0.15) is 68.6 Å². The number of Topliss-reactive ketones (excluding diaryl/α,β-unsaturated/α-hetero) is 1. The van der Waals surface area contributed by atoms with E-state index in [9.17, 15) is 18.0 Å². The molecular formula is C23H29ClF3N3O. The Morgan fingerprint density at radius 3 is 2.19 bits per heavy atom. The molecule has 0 N–H and O–H groups in total. The van der Waals surface area contributed by atoms with Gasteiger partial charge in [-0.15, -0.1) is 0 Å². The molecule has 0 amide bonds. The minimum atomic E-state index is -4.34. The van der Waals surface area contributed by atoms with Crippen LogP contribution in [-0.4, -0.2) is 20.4 Å². The number of halogens is 4. The number of hydrogen-bond acceptors (Lipinski definition) is 3. The van der Waals surface area contributed by atoms with Crippen LogP contribution in [0.15, 0.2) is 42.6 Å². The average molecular weight is 456 g/mol. The molecule has 0 aliphatic heterocycles. The first kappa shape index (κ1) is 26.6. The molecule has 1 aromatic carbocycles. The van der Waals surface area contributed by atoms with Crippen molar-refractivity contribution in [2.75, 3.05) is 0 Å². The van der Waals surface area contributed by atoms with Crippen LogP contribution in [0.2, 0.25) is 5.15 Å². The van der Waals surface area contributed by atoms with Crippen molar-refractivity contribution in [3.63, 3.8) is 0 Å². The maximum atomic E-state index is 12.0. The van der Waals surface area contributed by atoms with Gasteiger partial charge in [-0.2, -0.15) is 18.3 Å². The molecule has 0 saturated carbocycles. The number of aromatic nitrogens is 3. The first-order valence-electron chi connectivity index (χ1n) is 10.1. The van der Waals surface area contributed by atoms with Crippen molar-refractivity contribution in [3.8, 4) is 0 Å². The van der Waals surface area contributed by atoms with Crippen molar-refractivity contribution in [2.45, 2.75) is 60.1 Å². The fourth-order valence-corrected chi connectivity index (χ4v) is 2.71. The van der Waals surface area contributed by atoms with E-state index in [0.717, 1.165) is 29.4 Å². The first-order chi connectivity index (χ1) is 14.5. The zero-order chi connectivity index (χ0) is 23.6. The number of rotatable bonds is 4. The van der Waals surface area contributed by atoms with E-state index in [1.165, 1.54) is 38.3 Å². The predicted octanol–water partition coefficient (Wildman–Crippen LogP) is 7.43. The van der Waals surface area contributed by atoms with Gasteiger partial charge in [-0.05, 0) is 44.0 Å². The van der Waals surface area contributed by atoms with Crippen molar-refractivity contribution in [2.24, 2.45) is 5.92 Å². The van der Waals surface area contributed by atoms with E-state index in [4.69, 9.17) is 11.6 Å². The van der Waals surface area contributed by atoms with Crippen molar-refractivity contribution in [1.82, 2.24) is 14.6 Å². The van der Waals surface area contributed by atoms with Crippen molar-refractivity contribution in [1.29, 1.82) is 0 Å². The summed E-state index contributed by atoms with van der Waals surface area (Å²) >= 11 is 5.67. The third-order valence-electron chi connectivity index (χ3n) is 4.51. The maximum absolute atomic E-state index is 12.0. The molecule has 2 aromatic heterocycles. The number of carbonyl (C=O) groups is 1. The van der Waals surface area contributed by atoms with Crippen LogP contribution < -0.4 is 0 Å². The SMILES string of the molecule is CC(=O)c1ccc(C(F)(F)F)cc1.CCC[C@@H](C)CC.Cc1cn2nc(Cl)ccc2n1. The average Bonchev–Trinajstić information content (AvgIpc) is 3.07. The molecule has 0 aliphatic rings. The highest BCUT2D eigenvalue weighted by molar-refractivity contribution is 6.29. The molecule has 1 atom stereocenters. The number of alkyl halides is 3. The summed E-state index contributed by atoms with van der Waals surface area (Å²) in [5.74, 6) is 0.707. The first-order valence-corrected chi connectivity index (χ1v) is 10.5. The molecular weight excluding hydrogens is 427 g/mol. The highest BCUT2D eigenvalue weighted by Gasteiger charge is 2.29. The Labute approximate surface area is 186 Å². The van der Waals surface area contributed by atoms with E-state index in [0.29, 0.717) is 5.15 Å². The molecule has 31 heavy (non-hydrogen) atoms. The smallest absolute Gasteiger partial charge is 0.295 e. The van der Waals surface area contributed by atoms with Crippen LogP contribution in [0.4, 0.5) is 13.2 Å². The topological polar surface area (TPSA) is 47.3 Å². The summed E-state index contributed by atoms with van der Waals surface area (Å²) in [7, 11) is 0. The fourth-order valence-electron chi connectivity index (χ4n) is 2.57. The molecule has 8 heteroatoms. The fraction of sp³-hybridized carbons (Fsp3) is 0.435. The summed E-state index contributed by atoms with van der Waals surface area (Å²) in [5, 5.41) is 4.50. The van der Waals surface area contributed by atoms with Gasteiger partial charge in [0.2, 0.25) is 0 Å². The molecule has 170 valence electrons. The van der Waals surface area contributed by atoms with E-state index in [-0.39, 0.29) is 11.3 Å². The molecule has 0 fully saturated rings. The molecule has 0 spiro atoms. The second kappa shape index (κ2) is 12.4. The summed E-state index contributed by atoms with van der Waals surface area (Å²) in [6.07, 6.45) is 1.58. The number of benzene rings is 1. The quantitative estimate of drug-likeness (QED) is 0.384. The van der Waals surface area contributed by atoms with Gasteiger partial charge in [-0.1, -0.05) is 63.8 Å². The van der Waals surface area contributed by atoms with Crippen LogP contribution in [0.25, 0.3) is 5.65 Å². The van der Waals surface area contributed by atoms with Gasteiger partial charge in [0.05, 0.1) is 17.5 Å². The highest BCUT2D eigenvalue weighted by Crippen LogP contribution is 2.29. The van der Waals surface area contributed by atoms with Gasteiger partial charge in [-0.3, -0.25) is 4.79 Å². The van der Waals surface area contributed by atoms with Gasteiger partial charge in [0.15, 0.2) is 11.4 Å². The number of aryl methyl sites for hydroxylation is 1. The lowest BCUT2D eigenvalue weighted by molar-refractivity contribution is -0.137. The Balaban J connectivity index is 0.000000244. The van der Waals surface area contributed by atoms with E-state index in [1.54, 1.807) is 10.6 Å². The van der Waals surface area contributed by atoms with Gasteiger partial charge in [0.25, 0.3) is 0 Å². The van der Waals surface area contributed by atoms with Crippen molar-refractivity contribution >= 4 is 23.0 Å². The van der Waals surface area contributed by atoms with Crippen molar-refractivity contribution < 1.29 is 18.0 Å². The minimum absolute atomic E-state index is 0.242. The third kappa shape index (κ3) is 9.51. The lowest BCUT2D eigenvalue weighted by Crippen LogP contribution is -2.05. The Morgan fingerprint density at radius 2 is 1.74 bits per heavy atom. The summed E-state index contributed by atoms with van der Waals surface area (Å²) < 4.78 is 37.8. The van der Waals surface area contributed by atoms with Crippen LogP contribution in [0, 0.1) is 12.8 Å². The van der Waals surface area contributed by atoms with Gasteiger partial charge >= 0.3 is 6.18 Å². The van der Waals surface area contributed by atoms with Gasteiger partial charge in [0, 0.05) is 5.56 Å². The van der Waals surface area contributed by atoms with Crippen LogP contribution >= 0.6 is 11.6 Å². The normalized spacial score (nSPS) is 11.8. The summed E-state index contributed by atoms with van der Waals surface area (Å²) in [6, 6.07) is 7.70. The number of ketones is 1. The van der Waals surface area contributed by atoms with Gasteiger partial charge in [0.1, 0.15) is 5.15 Å². The summed E-state index contributed by atoms with van der Waals surface area (Å²) in [4.78, 5) is 14.9. The zero-order valence-corrected chi connectivity index (χ0v) is 19.3. The maximum Gasteiger partial charge on any atom is 0.416 e. The molecule has 0 aliphatic carbocycles. The monoisotopic (exact) mass is 455 g/mol. The lowest BCUT2D eigenvalue weighted by Gasteiger charge is -2.05. The van der Waals surface area contributed by atoms with E-state index < -0.39 is 11.7 Å². The van der Waals surface area contributed by atoms with Gasteiger partial charge in [-0.25, -0.2) is 9.50 Å². The third-order valence-corrected chi connectivity index (χ3v) is 4.71. The zero-order valence-electron chi connectivity index (χ0n) is 18.5. The molecule has 3 aromatic rings. The van der Waals surface area contributed by atoms with Crippen molar-refractivity contribution in [3.05, 3.63) is 64.6 Å². The second-order valence-electron chi connectivity index (χ2n) is 7.27. The molecule has 4 nitrogen and oxygen atoms in total. The standard InChI is InChI=1S/C9H7F3O.C7H6ClN3.C7H16/c1-6(13)7-2-4-8(5-3-7)9(10,11)12;1-5-4-11-7(9-5)3-2-6(8)10-11;1-4-6-7(3)5-2/h2-5H,1H3;2-4H,1H3;7H,4-6H2,1-3H3/t;;7-/m..0/s1. The molecule has 0 radical (unpaired) electrons. The number of hydrogen-bond donors (Lipinski definition) is 0. The van der Waals surface area contributed by atoms with Crippen LogP contribution in [0.5, 0.6) is 0 Å². The van der Waals surface area contributed by atoms with E-state index >= 15 is 0 Å². The van der Waals surface area contributed by atoms with E-state index in [2.05, 4.69) is 30.9 Å². The summed E-state index contributed by atoms with van der Waals surface area (Å²) in [6.45, 7) is 10.0. The Hall–Kier alpha value is -2.41. The highest BCUT2D eigenvalue weighted by atomic mass is 35.5. The predicted molar refractivity (Wildman–Crippen MR) is 119 cm³/mol. The Morgan fingerprint density at radius 1 is 1.13 bits per heavy atom. The number of carbonyl (C=O) groups excluding carboxylic acids is 1. The number of fused-ring (bicyclic) bond motifs is 1. The molecule has 2 heterocycles. The molecule has 0 saturated heterocycles. The van der Waals surface area contributed by atoms with Gasteiger partial charge < -0.3 is 0 Å². The Bertz CT molecular complexity index is 953. The second-order valence-corrected chi connectivity index (χ2v) is 7.66. The van der Waals surface area contributed by atoms with Crippen LogP contribution in [0.3, 0.4) is 0 Å². The Kier molecular flexibility index (Phi) is 10.7. The molecule has 3 rings (SSSR count). The largest absolute Gasteiger partial charge is 0.416 e. The minimum Gasteiger partial charge on any atom is -0.295 e. The van der Waals surface area contributed by atoms with Crippen LogP contribution in [-0.2, 0) is 6.18 Å². The number of imidazole rings is 1. The molecule has 0 unspecified atom stereocenters. The number of nitrogens with zero attached hydrogens (tertiary/aromatic N) is 3.